The lowest BCUT2D eigenvalue weighted by atomic mass is 9.95. The molecule has 0 spiro atoms. The van der Waals surface area contributed by atoms with E-state index in [1.165, 1.54) is 6.21 Å². The number of amides is 2. The van der Waals surface area contributed by atoms with Crippen molar-refractivity contribution >= 4 is 29.4 Å². The summed E-state index contributed by atoms with van der Waals surface area (Å²) < 4.78 is 5.62. The standard InChI is InChI=1S/C29H31N7O3/c1-18(2)32-25-13-21(6-7-22(25)16-31)27-33-28(39-34-27)20-8-10-35(11-9-20)29(38)23-14-26(37)36(17-23)24-5-3-4-19(12-24)15-30/h3-7,12-13,16,18,20,23,31-32H,8-11,14,17H2,1-2H3/t23-/m0/s1. The second-order valence-corrected chi connectivity index (χ2v) is 10.4. The number of benzene rings is 2. The Bertz CT molecular complexity index is 1430. The third kappa shape index (κ3) is 5.53. The molecule has 1 aromatic heterocycles. The first-order chi connectivity index (χ1) is 18.9. The van der Waals surface area contributed by atoms with Gasteiger partial charge >= 0.3 is 0 Å². The third-order valence-electron chi connectivity index (χ3n) is 7.27. The van der Waals surface area contributed by atoms with Gasteiger partial charge in [-0.25, -0.2) is 0 Å². The summed E-state index contributed by atoms with van der Waals surface area (Å²) >= 11 is 0. The third-order valence-corrected chi connectivity index (χ3v) is 7.27. The molecule has 5 rings (SSSR count). The Balaban J connectivity index is 1.20. The number of carbonyl (C=O) groups is 2. The Kier molecular flexibility index (Phi) is 7.41. The molecule has 10 heteroatoms. The first-order valence-electron chi connectivity index (χ1n) is 13.2. The van der Waals surface area contributed by atoms with Gasteiger partial charge in [0.05, 0.1) is 17.6 Å². The average molecular weight is 526 g/mol. The molecule has 0 unspecified atom stereocenters. The fourth-order valence-electron chi connectivity index (χ4n) is 5.25. The quantitative estimate of drug-likeness (QED) is 0.441. The van der Waals surface area contributed by atoms with Gasteiger partial charge in [0.15, 0.2) is 0 Å². The molecular formula is C29H31N7O3. The van der Waals surface area contributed by atoms with E-state index in [1.807, 2.05) is 36.9 Å². The molecule has 0 saturated carbocycles. The van der Waals surface area contributed by atoms with Gasteiger partial charge < -0.3 is 25.0 Å². The summed E-state index contributed by atoms with van der Waals surface area (Å²) in [5.74, 6) is 0.607. The highest BCUT2D eigenvalue weighted by Crippen LogP contribution is 2.32. The molecule has 0 aliphatic carbocycles. The summed E-state index contributed by atoms with van der Waals surface area (Å²) in [6, 6.07) is 14.9. The van der Waals surface area contributed by atoms with Crippen molar-refractivity contribution in [3.8, 4) is 17.5 Å². The molecule has 2 saturated heterocycles. The molecule has 0 bridgehead atoms. The van der Waals surface area contributed by atoms with Crippen LogP contribution in [0.15, 0.2) is 47.0 Å². The summed E-state index contributed by atoms with van der Waals surface area (Å²) in [5.41, 5.74) is 3.58. The first-order valence-corrected chi connectivity index (χ1v) is 13.2. The number of likely N-dealkylation sites (tertiary alicyclic amines) is 1. The summed E-state index contributed by atoms with van der Waals surface area (Å²) in [6.07, 6.45) is 2.90. The van der Waals surface area contributed by atoms with Gasteiger partial charge in [0.2, 0.25) is 23.5 Å². The van der Waals surface area contributed by atoms with Crippen molar-refractivity contribution in [2.24, 2.45) is 5.92 Å². The Morgan fingerprint density at radius 1 is 1.23 bits per heavy atom. The van der Waals surface area contributed by atoms with E-state index in [1.54, 1.807) is 29.2 Å². The van der Waals surface area contributed by atoms with Crippen LogP contribution >= 0.6 is 0 Å². The Morgan fingerprint density at radius 3 is 2.74 bits per heavy atom. The predicted molar refractivity (Wildman–Crippen MR) is 147 cm³/mol. The highest BCUT2D eigenvalue weighted by molar-refractivity contribution is 6.00. The van der Waals surface area contributed by atoms with Gasteiger partial charge in [-0.2, -0.15) is 10.2 Å². The lowest BCUT2D eigenvalue weighted by Gasteiger charge is -2.32. The Hall–Kier alpha value is -4.52. The zero-order valence-electron chi connectivity index (χ0n) is 22.1. The Morgan fingerprint density at radius 2 is 2.03 bits per heavy atom. The smallest absolute Gasteiger partial charge is 0.230 e. The molecule has 10 nitrogen and oxygen atoms in total. The highest BCUT2D eigenvalue weighted by Gasteiger charge is 2.38. The predicted octanol–water partition coefficient (Wildman–Crippen LogP) is 4.19. The van der Waals surface area contributed by atoms with E-state index in [0.29, 0.717) is 55.4 Å². The topological polar surface area (TPSA) is 139 Å². The maximum atomic E-state index is 13.3. The zero-order valence-corrected chi connectivity index (χ0v) is 22.1. The molecule has 2 aliphatic rings. The van der Waals surface area contributed by atoms with Gasteiger partial charge in [-0.05, 0) is 51.0 Å². The van der Waals surface area contributed by atoms with Crippen molar-refractivity contribution in [3.63, 3.8) is 0 Å². The van der Waals surface area contributed by atoms with Crippen molar-refractivity contribution in [1.29, 1.82) is 10.7 Å². The molecule has 200 valence electrons. The fraction of sp³-hybridized carbons (Fsp3) is 0.379. The maximum absolute atomic E-state index is 13.3. The molecule has 2 fully saturated rings. The summed E-state index contributed by atoms with van der Waals surface area (Å²) in [6.45, 7) is 5.53. The van der Waals surface area contributed by atoms with E-state index >= 15 is 0 Å². The number of rotatable bonds is 7. The van der Waals surface area contributed by atoms with E-state index in [-0.39, 0.29) is 30.2 Å². The monoisotopic (exact) mass is 525 g/mol. The van der Waals surface area contributed by atoms with Gasteiger partial charge in [0, 0.05) is 66.7 Å². The van der Waals surface area contributed by atoms with Crippen molar-refractivity contribution in [2.75, 3.05) is 29.9 Å². The molecule has 3 heterocycles. The van der Waals surface area contributed by atoms with E-state index in [4.69, 9.17) is 15.2 Å². The fourth-order valence-corrected chi connectivity index (χ4v) is 5.25. The van der Waals surface area contributed by atoms with E-state index < -0.39 is 5.92 Å². The Labute approximate surface area is 227 Å². The normalized spacial score (nSPS) is 17.9. The van der Waals surface area contributed by atoms with E-state index in [9.17, 15) is 9.59 Å². The number of nitrogens with one attached hydrogen (secondary N) is 2. The van der Waals surface area contributed by atoms with Crippen molar-refractivity contribution < 1.29 is 14.1 Å². The maximum Gasteiger partial charge on any atom is 0.230 e. The number of nitrogens with zero attached hydrogens (tertiary/aromatic N) is 5. The molecule has 3 aromatic rings. The number of hydrogen-bond donors (Lipinski definition) is 2. The van der Waals surface area contributed by atoms with Crippen LogP contribution in [0.5, 0.6) is 0 Å². The summed E-state index contributed by atoms with van der Waals surface area (Å²) in [4.78, 5) is 34.0. The number of anilines is 2. The van der Waals surface area contributed by atoms with Gasteiger partial charge in [-0.3, -0.25) is 9.59 Å². The van der Waals surface area contributed by atoms with Crippen LogP contribution in [0.4, 0.5) is 11.4 Å². The minimum atomic E-state index is -0.396. The highest BCUT2D eigenvalue weighted by atomic mass is 16.5. The minimum Gasteiger partial charge on any atom is -0.382 e. The van der Waals surface area contributed by atoms with Gasteiger partial charge in [-0.15, -0.1) is 0 Å². The van der Waals surface area contributed by atoms with Crippen LogP contribution < -0.4 is 10.2 Å². The van der Waals surface area contributed by atoms with Crippen LogP contribution in [-0.2, 0) is 9.59 Å². The number of hydrogen-bond acceptors (Lipinski definition) is 8. The molecule has 2 amide bonds. The number of aromatic nitrogens is 2. The molecule has 2 aromatic carbocycles. The van der Waals surface area contributed by atoms with Crippen LogP contribution in [0.25, 0.3) is 11.4 Å². The van der Waals surface area contributed by atoms with Crippen molar-refractivity contribution in [3.05, 3.63) is 59.5 Å². The van der Waals surface area contributed by atoms with Crippen LogP contribution in [0.1, 0.15) is 56.0 Å². The van der Waals surface area contributed by atoms with Crippen LogP contribution in [0.3, 0.4) is 0 Å². The second-order valence-electron chi connectivity index (χ2n) is 10.4. The minimum absolute atomic E-state index is 0.0107. The van der Waals surface area contributed by atoms with Crippen LogP contribution in [-0.4, -0.2) is 58.7 Å². The van der Waals surface area contributed by atoms with Crippen LogP contribution in [0.2, 0.25) is 0 Å². The second kappa shape index (κ2) is 11.1. The number of nitriles is 1. The zero-order chi connectivity index (χ0) is 27.5. The molecule has 2 aliphatic heterocycles. The van der Waals surface area contributed by atoms with Crippen LogP contribution in [0, 0.1) is 22.7 Å². The number of piperidine rings is 1. The lowest BCUT2D eigenvalue weighted by molar-refractivity contribution is -0.136. The van der Waals surface area contributed by atoms with Gasteiger partial charge in [0.25, 0.3) is 0 Å². The van der Waals surface area contributed by atoms with Crippen molar-refractivity contribution in [1.82, 2.24) is 15.0 Å². The van der Waals surface area contributed by atoms with Gasteiger partial charge in [-0.1, -0.05) is 23.4 Å². The molecule has 0 radical (unpaired) electrons. The first kappa shape index (κ1) is 26.1. The van der Waals surface area contributed by atoms with Gasteiger partial charge in [0.1, 0.15) is 0 Å². The molecular weight excluding hydrogens is 494 g/mol. The number of carbonyl (C=O) groups excluding carboxylic acids is 2. The van der Waals surface area contributed by atoms with Crippen molar-refractivity contribution in [2.45, 2.75) is 45.1 Å². The molecule has 39 heavy (non-hydrogen) atoms. The summed E-state index contributed by atoms with van der Waals surface area (Å²) in [7, 11) is 0. The molecule has 1 atom stereocenters. The lowest BCUT2D eigenvalue weighted by Crippen LogP contribution is -2.42. The SMILES string of the molecule is CC(C)Nc1cc(-c2noc(C3CCN(C(=O)[C@H]4CC(=O)N(c5cccc(C#N)c5)C4)CC3)n2)ccc1C=N. The largest absolute Gasteiger partial charge is 0.382 e. The summed E-state index contributed by atoms with van der Waals surface area (Å²) in [5, 5.41) is 24.4. The van der Waals surface area contributed by atoms with E-state index in [0.717, 1.165) is 16.8 Å². The molecule has 2 N–H and O–H groups in total. The average Bonchev–Trinajstić information content (AvgIpc) is 3.60. The van der Waals surface area contributed by atoms with E-state index in [2.05, 4.69) is 21.5 Å².